The Balaban J connectivity index is 2.51. The Bertz CT molecular complexity index is 589. The van der Waals surface area contributed by atoms with Gasteiger partial charge in [0.15, 0.2) is 0 Å². The highest BCUT2D eigenvalue weighted by Crippen LogP contribution is 2.17. The Kier molecular flexibility index (Phi) is 3.97. The molecule has 0 spiro atoms. The van der Waals surface area contributed by atoms with Crippen molar-refractivity contribution in [3.63, 3.8) is 0 Å². The van der Waals surface area contributed by atoms with Gasteiger partial charge in [-0.05, 0) is 24.5 Å². The van der Waals surface area contributed by atoms with Gasteiger partial charge in [-0.1, -0.05) is 32.4 Å². The van der Waals surface area contributed by atoms with Crippen LogP contribution in [-0.4, -0.2) is 11.6 Å². The molecule has 4 nitrogen and oxygen atoms in total. The van der Waals surface area contributed by atoms with Crippen molar-refractivity contribution in [1.29, 1.82) is 0 Å². The molecule has 1 aromatic carbocycles. The van der Waals surface area contributed by atoms with E-state index in [0.717, 1.165) is 24.8 Å². The molecule has 0 N–H and O–H groups in total. The SMILES string of the molecule is CCCOc1nc2cccc(CCC)c2c(=O)o1. The van der Waals surface area contributed by atoms with E-state index in [2.05, 4.69) is 11.9 Å². The number of nitrogens with zero attached hydrogens (tertiary/aromatic N) is 1. The molecule has 0 saturated heterocycles. The van der Waals surface area contributed by atoms with Crippen LogP contribution in [0.4, 0.5) is 0 Å². The van der Waals surface area contributed by atoms with Gasteiger partial charge in [-0.15, -0.1) is 0 Å². The van der Waals surface area contributed by atoms with E-state index in [1.54, 1.807) is 0 Å². The zero-order chi connectivity index (χ0) is 13.0. The second kappa shape index (κ2) is 5.67. The summed E-state index contributed by atoms with van der Waals surface area (Å²) in [7, 11) is 0. The lowest BCUT2D eigenvalue weighted by atomic mass is 10.1. The molecule has 18 heavy (non-hydrogen) atoms. The van der Waals surface area contributed by atoms with Crippen molar-refractivity contribution < 1.29 is 9.15 Å². The number of benzene rings is 1. The van der Waals surface area contributed by atoms with Gasteiger partial charge in [0.25, 0.3) is 0 Å². The summed E-state index contributed by atoms with van der Waals surface area (Å²) in [4.78, 5) is 16.2. The van der Waals surface area contributed by atoms with E-state index in [1.807, 2.05) is 25.1 Å². The van der Waals surface area contributed by atoms with Crippen molar-refractivity contribution >= 4 is 10.9 Å². The first-order valence-corrected chi connectivity index (χ1v) is 6.31. The molecular formula is C14H17NO3. The van der Waals surface area contributed by atoms with Gasteiger partial charge in [0.2, 0.25) is 0 Å². The Morgan fingerprint density at radius 2 is 2.11 bits per heavy atom. The minimum atomic E-state index is -0.366. The number of aryl methyl sites for hydroxylation is 1. The number of fused-ring (bicyclic) bond motifs is 1. The average Bonchev–Trinajstić information content (AvgIpc) is 2.36. The van der Waals surface area contributed by atoms with Gasteiger partial charge in [0.1, 0.15) is 0 Å². The maximum Gasteiger partial charge on any atom is 0.397 e. The summed E-state index contributed by atoms with van der Waals surface area (Å²) >= 11 is 0. The first-order valence-electron chi connectivity index (χ1n) is 6.31. The van der Waals surface area contributed by atoms with E-state index in [0.29, 0.717) is 17.5 Å². The van der Waals surface area contributed by atoms with Crippen LogP contribution in [-0.2, 0) is 6.42 Å². The molecule has 4 heteroatoms. The van der Waals surface area contributed by atoms with Crippen LogP contribution in [0.2, 0.25) is 0 Å². The molecule has 0 fully saturated rings. The molecule has 0 unspecified atom stereocenters. The smallest absolute Gasteiger partial charge is 0.397 e. The highest BCUT2D eigenvalue weighted by molar-refractivity contribution is 5.80. The third-order valence-corrected chi connectivity index (χ3v) is 2.67. The molecule has 96 valence electrons. The van der Waals surface area contributed by atoms with Crippen LogP contribution in [0.1, 0.15) is 32.3 Å². The Hall–Kier alpha value is -1.84. The Morgan fingerprint density at radius 3 is 2.83 bits per heavy atom. The van der Waals surface area contributed by atoms with Crippen LogP contribution >= 0.6 is 0 Å². The lowest BCUT2D eigenvalue weighted by Gasteiger charge is -2.05. The van der Waals surface area contributed by atoms with E-state index < -0.39 is 0 Å². The first-order chi connectivity index (χ1) is 8.76. The summed E-state index contributed by atoms with van der Waals surface area (Å²) in [5, 5.41) is 0.572. The third-order valence-electron chi connectivity index (χ3n) is 2.67. The van der Waals surface area contributed by atoms with Crippen LogP contribution in [0, 0.1) is 0 Å². The Labute approximate surface area is 106 Å². The van der Waals surface area contributed by atoms with Crippen molar-refractivity contribution in [2.75, 3.05) is 6.61 Å². The minimum Gasteiger partial charge on any atom is -0.450 e. The monoisotopic (exact) mass is 247 g/mol. The fourth-order valence-electron chi connectivity index (χ4n) is 1.90. The fraction of sp³-hybridized carbons (Fsp3) is 0.429. The molecule has 0 bridgehead atoms. The van der Waals surface area contributed by atoms with Gasteiger partial charge in [-0.2, -0.15) is 4.98 Å². The lowest BCUT2D eigenvalue weighted by molar-refractivity contribution is 0.217. The molecule has 0 radical (unpaired) electrons. The molecule has 2 aromatic rings. The van der Waals surface area contributed by atoms with Crippen molar-refractivity contribution in [2.24, 2.45) is 0 Å². The van der Waals surface area contributed by atoms with Gasteiger partial charge >= 0.3 is 11.7 Å². The molecule has 0 aliphatic carbocycles. The van der Waals surface area contributed by atoms with Gasteiger partial charge in [-0.25, -0.2) is 4.79 Å². The second-order valence-electron chi connectivity index (χ2n) is 4.18. The predicted octanol–water partition coefficient (Wildman–Crippen LogP) is 2.93. The van der Waals surface area contributed by atoms with E-state index >= 15 is 0 Å². The number of ether oxygens (including phenoxy) is 1. The summed E-state index contributed by atoms with van der Waals surface area (Å²) in [5.41, 5.74) is 1.26. The maximum atomic E-state index is 12.0. The van der Waals surface area contributed by atoms with Crippen LogP contribution in [0.25, 0.3) is 10.9 Å². The summed E-state index contributed by atoms with van der Waals surface area (Å²) < 4.78 is 10.4. The topological polar surface area (TPSA) is 52.3 Å². The fourth-order valence-corrected chi connectivity index (χ4v) is 1.90. The van der Waals surface area contributed by atoms with Gasteiger partial charge in [-0.3, -0.25) is 0 Å². The average molecular weight is 247 g/mol. The van der Waals surface area contributed by atoms with E-state index in [9.17, 15) is 4.79 Å². The molecule has 0 amide bonds. The van der Waals surface area contributed by atoms with Gasteiger partial charge in [0, 0.05) is 0 Å². The lowest BCUT2D eigenvalue weighted by Crippen LogP contribution is -2.08. The number of rotatable bonds is 5. The highest BCUT2D eigenvalue weighted by Gasteiger charge is 2.10. The zero-order valence-electron chi connectivity index (χ0n) is 10.7. The number of hydrogen-bond donors (Lipinski definition) is 0. The molecule has 0 saturated carbocycles. The Morgan fingerprint density at radius 1 is 1.28 bits per heavy atom. The van der Waals surface area contributed by atoms with Crippen LogP contribution in [0.3, 0.4) is 0 Å². The standard InChI is InChI=1S/C14H17NO3/c1-3-6-10-7-5-8-11-12(10)13(16)18-14(15-11)17-9-4-2/h5,7-8H,3-4,6,9H2,1-2H3. The van der Waals surface area contributed by atoms with Crippen molar-refractivity contribution in [3.8, 4) is 6.08 Å². The summed E-state index contributed by atoms with van der Waals surface area (Å²) in [5.74, 6) is 0. The molecular weight excluding hydrogens is 230 g/mol. The number of hydrogen-bond acceptors (Lipinski definition) is 4. The zero-order valence-corrected chi connectivity index (χ0v) is 10.7. The van der Waals surface area contributed by atoms with Crippen molar-refractivity contribution in [2.45, 2.75) is 33.1 Å². The quantitative estimate of drug-likeness (QED) is 0.815. The molecule has 1 heterocycles. The summed E-state index contributed by atoms with van der Waals surface area (Å²) in [6, 6.07) is 5.66. The number of aromatic nitrogens is 1. The minimum absolute atomic E-state index is 0.0583. The van der Waals surface area contributed by atoms with E-state index in [-0.39, 0.29) is 11.7 Å². The second-order valence-corrected chi connectivity index (χ2v) is 4.18. The van der Waals surface area contributed by atoms with Crippen molar-refractivity contribution in [3.05, 3.63) is 34.2 Å². The van der Waals surface area contributed by atoms with Crippen LogP contribution in [0.15, 0.2) is 27.4 Å². The van der Waals surface area contributed by atoms with Crippen molar-refractivity contribution in [1.82, 2.24) is 4.98 Å². The molecule has 0 aliphatic rings. The summed E-state index contributed by atoms with van der Waals surface area (Å²) in [6.07, 6.45) is 2.73. The van der Waals surface area contributed by atoms with Crippen LogP contribution in [0.5, 0.6) is 6.08 Å². The maximum absolute atomic E-state index is 12.0. The normalized spacial score (nSPS) is 10.8. The first kappa shape index (κ1) is 12.6. The molecule has 0 atom stereocenters. The third kappa shape index (κ3) is 2.53. The van der Waals surface area contributed by atoms with Crippen LogP contribution < -0.4 is 10.4 Å². The highest BCUT2D eigenvalue weighted by atomic mass is 16.6. The largest absolute Gasteiger partial charge is 0.450 e. The van der Waals surface area contributed by atoms with E-state index in [4.69, 9.17) is 9.15 Å². The molecule has 1 aromatic heterocycles. The molecule has 2 rings (SSSR count). The van der Waals surface area contributed by atoms with Gasteiger partial charge in [0.05, 0.1) is 17.5 Å². The predicted molar refractivity (Wildman–Crippen MR) is 70.1 cm³/mol. The molecule has 0 aliphatic heterocycles. The summed E-state index contributed by atoms with van der Waals surface area (Å²) in [6.45, 7) is 4.56. The van der Waals surface area contributed by atoms with Gasteiger partial charge < -0.3 is 9.15 Å². The van der Waals surface area contributed by atoms with E-state index in [1.165, 1.54) is 0 Å².